The van der Waals surface area contributed by atoms with E-state index in [2.05, 4.69) is 5.10 Å². The molecule has 0 amide bonds. The highest BCUT2D eigenvalue weighted by atomic mass is 32.2. The van der Waals surface area contributed by atoms with Crippen LogP contribution in [0.5, 0.6) is 0 Å². The monoisotopic (exact) mass is 228 g/mol. The standard InChI is InChI=1S/C9H12N2O3S/c1-6(12)9-7-3-4-15(13,14)5-8(7)10-11(9)2/h3-5H2,1-2H3. The van der Waals surface area contributed by atoms with Gasteiger partial charge in [-0.15, -0.1) is 0 Å². The SMILES string of the molecule is CC(=O)c1c2c(nn1C)CS(=O)(=O)CC2. The Morgan fingerprint density at radius 3 is 2.73 bits per heavy atom. The maximum Gasteiger partial charge on any atom is 0.178 e. The molecule has 0 aliphatic carbocycles. The Labute approximate surface area is 88.0 Å². The lowest BCUT2D eigenvalue weighted by atomic mass is 10.1. The molecule has 1 aromatic heterocycles. The van der Waals surface area contributed by atoms with Crippen molar-refractivity contribution in [3.63, 3.8) is 0 Å². The summed E-state index contributed by atoms with van der Waals surface area (Å²) in [5.74, 6) is 0.0145. The predicted octanol–water partition coefficient (Wildman–Crippen LogP) is 0.0936. The zero-order valence-electron chi connectivity index (χ0n) is 8.65. The van der Waals surface area contributed by atoms with Crippen molar-refractivity contribution in [3.8, 4) is 0 Å². The Balaban J connectivity index is 2.58. The summed E-state index contributed by atoms with van der Waals surface area (Å²) >= 11 is 0. The van der Waals surface area contributed by atoms with E-state index in [4.69, 9.17) is 0 Å². The van der Waals surface area contributed by atoms with Crippen LogP contribution in [-0.2, 0) is 29.1 Å². The maximum absolute atomic E-state index is 11.4. The average molecular weight is 228 g/mol. The minimum Gasteiger partial charge on any atom is -0.293 e. The molecule has 1 aromatic rings. The number of rotatable bonds is 1. The van der Waals surface area contributed by atoms with Crippen molar-refractivity contribution in [1.29, 1.82) is 0 Å². The molecule has 1 aliphatic rings. The number of ketones is 1. The van der Waals surface area contributed by atoms with Gasteiger partial charge < -0.3 is 0 Å². The number of carbonyl (C=O) groups is 1. The molecule has 0 saturated heterocycles. The summed E-state index contributed by atoms with van der Waals surface area (Å²) in [6, 6.07) is 0. The maximum atomic E-state index is 11.4. The van der Waals surface area contributed by atoms with Gasteiger partial charge in [0.2, 0.25) is 0 Å². The fourth-order valence-corrected chi connectivity index (χ4v) is 3.29. The molecule has 0 spiro atoms. The van der Waals surface area contributed by atoms with Gasteiger partial charge in [-0.2, -0.15) is 5.10 Å². The predicted molar refractivity (Wildman–Crippen MR) is 54.4 cm³/mol. The van der Waals surface area contributed by atoms with Gasteiger partial charge in [-0.1, -0.05) is 0 Å². The third-order valence-electron chi connectivity index (χ3n) is 2.58. The van der Waals surface area contributed by atoms with Gasteiger partial charge in [0, 0.05) is 19.5 Å². The van der Waals surface area contributed by atoms with Gasteiger partial charge in [-0.05, 0) is 6.42 Å². The molecule has 0 bridgehead atoms. The molecule has 82 valence electrons. The Bertz CT molecular complexity index is 528. The lowest BCUT2D eigenvalue weighted by Gasteiger charge is -2.10. The second-order valence-corrected chi connectivity index (χ2v) is 5.98. The summed E-state index contributed by atoms with van der Waals surface area (Å²) < 4.78 is 24.2. The van der Waals surface area contributed by atoms with Crippen molar-refractivity contribution in [1.82, 2.24) is 9.78 Å². The molecular weight excluding hydrogens is 216 g/mol. The van der Waals surface area contributed by atoms with Gasteiger partial charge in [0.25, 0.3) is 0 Å². The number of fused-ring (bicyclic) bond motifs is 1. The van der Waals surface area contributed by atoms with Gasteiger partial charge >= 0.3 is 0 Å². The van der Waals surface area contributed by atoms with E-state index in [-0.39, 0.29) is 17.3 Å². The van der Waals surface area contributed by atoms with Crippen molar-refractivity contribution in [2.45, 2.75) is 19.1 Å². The summed E-state index contributed by atoms with van der Waals surface area (Å²) in [4.78, 5) is 11.4. The molecule has 2 rings (SSSR count). The van der Waals surface area contributed by atoms with Crippen LogP contribution in [0.25, 0.3) is 0 Å². The molecule has 6 heteroatoms. The number of aryl methyl sites for hydroxylation is 1. The highest BCUT2D eigenvalue weighted by molar-refractivity contribution is 7.90. The Kier molecular flexibility index (Phi) is 2.18. The van der Waals surface area contributed by atoms with E-state index >= 15 is 0 Å². The minimum atomic E-state index is -3.01. The number of hydrogen-bond donors (Lipinski definition) is 0. The van der Waals surface area contributed by atoms with Crippen LogP contribution >= 0.6 is 0 Å². The lowest BCUT2D eigenvalue weighted by molar-refractivity contribution is 0.100. The van der Waals surface area contributed by atoms with Crippen molar-refractivity contribution >= 4 is 15.6 Å². The van der Waals surface area contributed by atoms with Crippen LogP contribution < -0.4 is 0 Å². The van der Waals surface area contributed by atoms with Gasteiger partial charge in [0.1, 0.15) is 5.69 Å². The molecule has 2 heterocycles. The molecule has 0 N–H and O–H groups in total. The number of sulfone groups is 1. The van der Waals surface area contributed by atoms with E-state index in [0.717, 1.165) is 5.56 Å². The van der Waals surface area contributed by atoms with Crippen LogP contribution in [0.15, 0.2) is 0 Å². The molecule has 1 aliphatic heterocycles. The first-order valence-corrected chi connectivity index (χ1v) is 6.49. The first kappa shape index (κ1) is 10.4. The van der Waals surface area contributed by atoms with E-state index in [1.807, 2.05) is 0 Å². The largest absolute Gasteiger partial charge is 0.293 e. The van der Waals surface area contributed by atoms with Gasteiger partial charge in [-0.3, -0.25) is 9.48 Å². The molecular formula is C9H12N2O3S. The van der Waals surface area contributed by atoms with Crippen LogP contribution in [0.4, 0.5) is 0 Å². The zero-order valence-corrected chi connectivity index (χ0v) is 9.47. The fourth-order valence-electron chi connectivity index (χ4n) is 1.98. The Morgan fingerprint density at radius 2 is 2.13 bits per heavy atom. The fraction of sp³-hybridized carbons (Fsp3) is 0.556. The number of hydrogen-bond acceptors (Lipinski definition) is 4. The average Bonchev–Trinajstić information content (AvgIpc) is 2.37. The summed E-state index contributed by atoms with van der Waals surface area (Å²) in [7, 11) is -1.34. The van der Waals surface area contributed by atoms with Crippen molar-refractivity contribution in [2.75, 3.05) is 5.75 Å². The summed E-state index contributed by atoms with van der Waals surface area (Å²) in [6.07, 6.45) is 0.403. The lowest BCUT2D eigenvalue weighted by Crippen LogP contribution is -2.19. The summed E-state index contributed by atoms with van der Waals surface area (Å²) in [5.41, 5.74) is 1.88. The Hall–Kier alpha value is -1.17. The second kappa shape index (κ2) is 3.16. The normalized spacial score (nSPS) is 18.5. The third kappa shape index (κ3) is 1.69. The van der Waals surface area contributed by atoms with Crippen LogP contribution in [0, 0.1) is 0 Å². The molecule has 5 nitrogen and oxygen atoms in total. The molecule has 15 heavy (non-hydrogen) atoms. The van der Waals surface area contributed by atoms with E-state index in [1.54, 1.807) is 7.05 Å². The van der Waals surface area contributed by atoms with E-state index in [9.17, 15) is 13.2 Å². The Morgan fingerprint density at radius 1 is 1.47 bits per heavy atom. The van der Waals surface area contributed by atoms with Gasteiger partial charge in [0.05, 0.1) is 17.2 Å². The molecule has 0 unspecified atom stereocenters. The minimum absolute atomic E-state index is 0.0382. The summed E-state index contributed by atoms with van der Waals surface area (Å²) in [6.45, 7) is 1.47. The van der Waals surface area contributed by atoms with Crippen LogP contribution in [0.3, 0.4) is 0 Å². The topological polar surface area (TPSA) is 69.0 Å². The van der Waals surface area contributed by atoms with Gasteiger partial charge in [-0.25, -0.2) is 8.42 Å². The molecule has 0 aromatic carbocycles. The van der Waals surface area contributed by atoms with Gasteiger partial charge in [0.15, 0.2) is 15.6 Å². The van der Waals surface area contributed by atoms with Crippen LogP contribution in [-0.4, -0.2) is 29.7 Å². The van der Waals surface area contributed by atoms with Crippen LogP contribution in [0.1, 0.15) is 28.7 Å². The number of nitrogens with zero attached hydrogens (tertiary/aromatic N) is 2. The summed E-state index contributed by atoms with van der Waals surface area (Å²) in [5, 5.41) is 4.08. The zero-order chi connectivity index (χ0) is 11.2. The highest BCUT2D eigenvalue weighted by Crippen LogP contribution is 2.23. The van der Waals surface area contributed by atoms with E-state index < -0.39 is 9.84 Å². The van der Waals surface area contributed by atoms with Crippen molar-refractivity contribution < 1.29 is 13.2 Å². The molecule has 0 saturated carbocycles. The number of Topliss-reactive ketones (excluding diaryl/α,β-unsaturated/α-hetero) is 1. The van der Waals surface area contributed by atoms with Crippen LogP contribution in [0.2, 0.25) is 0 Å². The van der Waals surface area contributed by atoms with Crippen molar-refractivity contribution in [2.24, 2.45) is 7.05 Å². The molecule has 0 fully saturated rings. The highest BCUT2D eigenvalue weighted by Gasteiger charge is 2.28. The quantitative estimate of drug-likeness (QED) is 0.639. The molecule has 0 radical (unpaired) electrons. The first-order chi connectivity index (χ1) is 6.91. The van der Waals surface area contributed by atoms with Crippen molar-refractivity contribution in [3.05, 3.63) is 17.0 Å². The first-order valence-electron chi connectivity index (χ1n) is 4.67. The smallest absolute Gasteiger partial charge is 0.178 e. The van der Waals surface area contributed by atoms with E-state index in [0.29, 0.717) is 17.8 Å². The third-order valence-corrected chi connectivity index (χ3v) is 4.12. The number of carbonyl (C=O) groups excluding carboxylic acids is 1. The molecule has 0 atom stereocenters. The van der Waals surface area contributed by atoms with E-state index in [1.165, 1.54) is 11.6 Å². The number of aromatic nitrogens is 2. The second-order valence-electron chi connectivity index (χ2n) is 3.80.